The number of anilines is 2. The van der Waals surface area contributed by atoms with Gasteiger partial charge in [-0.2, -0.15) is 0 Å². The molecule has 6 heterocycles. The van der Waals surface area contributed by atoms with Gasteiger partial charge >= 0.3 is 0 Å². The fourth-order valence-electron chi connectivity index (χ4n) is 8.14. The molecule has 2 aromatic heterocycles. The zero-order chi connectivity index (χ0) is 24.8. The molecule has 4 nitrogen and oxygen atoms in total. The summed E-state index contributed by atoms with van der Waals surface area (Å²) in [5.41, 5.74) is 18.8. The number of rotatable bonds is 2. The van der Waals surface area contributed by atoms with Crippen molar-refractivity contribution >= 4 is 54.5 Å². The zero-order valence-electron chi connectivity index (χ0n) is 21.4. The van der Waals surface area contributed by atoms with Crippen LogP contribution in [0.25, 0.3) is 20.4 Å². The monoisotopic (exact) mass is 534 g/mol. The Morgan fingerprint density at radius 1 is 0.658 bits per heavy atom. The number of nitrogens with zero attached hydrogens (tertiary/aromatic N) is 4. The number of hydrogen-bond acceptors (Lipinski definition) is 6. The molecule has 5 aromatic rings. The lowest BCUT2D eigenvalue weighted by molar-refractivity contribution is 0.579. The molecule has 2 atom stereocenters. The van der Waals surface area contributed by atoms with E-state index in [9.17, 15) is 0 Å². The maximum Gasteiger partial charge on any atom is 0.0819 e. The first kappa shape index (κ1) is 21.9. The molecule has 2 unspecified atom stereocenters. The van der Waals surface area contributed by atoms with Gasteiger partial charge in [-0.15, -0.1) is 22.7 Å². The number of thiazole rings is 2. The van der Waals surface area contributed by atoms with Crippen LogP contribution in [0.3, 0.4) is 0 Å². The average Bonchev–Trinajstić information content (AvgIpc) is 3.63. The third-order valence-corrected chi connectivity index (χ3v) is 11.4. The van der Waals surface area contributed by atoms with E-state index in [1.807, 2.05) is 22.7 Å². The van der Waals surface area contributed by atoms with E-state index in [1.54, 1.807) is 22.3 Å². The fraction of sp³-hybridized carbons (Fsp3) is 0.375. The molecule has 0 saturated heterocycles. The summed E-state index contributed by atoms with van der Waals surface area (Å²) in [5, 5.41) is 0. The molecule has 38 heavy (non-hydrogen) atoms. The van der Waals surface area contributed by atoms with Crippen LogP contribution in [-0.4, -0.2) is 36.1 Å². The Balaban J connectivity index is 1.27. The van der Waals surface area contributed by atoms with E-state index >= 15 is 0 Å². The van der Waals surface area contributed by atoms with Gasteiger partial charge in [-0.25, -0.2) is 9.97 Å². The average molecular weight is 535 g/mol. The first-order valence-corrected chi connectivity index (χ1v) is 16.0. The van der Waals surface area contributed by atoms with Gasteiger partial charge in [0.1, 0.15) is 0 Å². The number of fused-ring (bicyclic) bond motifs is 4. The summed E-state index contributed by atoms with van der Waals surface area (Å²) in [7, 11) is 0. The highest BCUT2D eigenvalue weighted by molar-refractivity contribution is 7.17. The minimum Gasteiger partial charge on any atom is -0.371 e. The van der Waals surface area contributed by atoms with Gasteiger partial charge in [-0.1, -0.05) is 24.3 Å². The van der Waals surface area contributed by atoms with Crippen LogP contribution in [0.5, 0.6) is 0 Å². The van der Waals surface area contributed by atoms with Crippen LogP contribution in [0.2, 0.25) is 0 Å². The topological polar surface area (TPSA) is 32.3 Å². The standard InChI is InChI=1S/C32H30N4S2/c1-2-8-22(24-10-14-36-12-4-6-20-16-26-32(38-18-34-26)28(24)30(20)36)21(7-1)23-9-13-35-11-3-5-19-15-25-31(37-17-33-25)27(23)29(19)35/h1-2,7-8,15-18,23-24H,3-6,9-14H2. The van der Waals surface area contributed by atoms with Gasteiger partial charge in [-0.3, -0.25) is 0 Å². The largest absolute Gasteiger partial charge is 0.371 e. The van der Waals surface area contributed by atoms with Crippen molar-refractivity contribution in [3.05, 3.63) is 80.8 Å². The van der Waals surface area contributed by atoms with Crippen molar-refractivity contribution in [2.24, 2.45) is 0 Å². The molecular weight excluding hydrogens is 505 g/mol. The molecule has 6 heteroatoms. The molecule has 0 N–H and O–H groups in total. The molecule has 190 valence electrons. The van der Waals surface area contributed by atoms with Gasteiger partial charge < -0.3 is 9.80 Å². The van der Waals surface area contributed by atoms with Gasteiger partial charge in [0.2, 0.25) is 0 Å². The van der Waals surface area contributed by atoms with Crippen molar-refractivity contribution in [2.45, 2.75) is 50.4 Å². The van der Waals surface area contributed by atoms with Crippen LogP contribution >= 0.6 is 22.7 Å². The molecular formula is C32H30N4S2. The zero-order valence-corrected chi connectivity index (χ0v) is 23.1. The van der Waals surface area contributed by atoms with E-state index in [1.165, 1.54) is 94.5 Å². The summed E-state index contributed by atoms with van der Waals surface area (Å²) >= 11 is 3.68. The van der Waals surface area contributed by atoms with Gasteiger partial charge in [0, 0.05) is 60.5 Å². The Bertz CT molecular complexity index is 1610. The lowest BCUT2D eigenvalue weighted by Gasteiger charge is -2.43. The maximum absolute atomic E-state index is 4.81. The Kier molecular flexibility index (Phi) is 4.77. The van der Waals surface area contributed by atoms with Crippen molar-refractivity contribution in [1.82, 2.24) is 9.97 Å². The highest BCUT2D eigenvalue weighted by Crippen LogP contribution is 2.53. The van der Waals surface area contributed by atoms with Crippen LogP contribution in [0.1, 0.15) is 70.9 Å². The molecule has 3 aromatic carbocycles. The third kappa shape index (κ3) is 3.02. The van der Waals surface area contributed by atoms with Gasteiger partial charge in [0.15, 0.2) is 0 Å². The molecule has 0 radical (unpaired) electrons. The molecule has 0 aliphatic carbocycles. The minimum atomic E-state index is 0.424. The first-order chi connectivity index (χ1) is 18.8. The van der Waals surface area contributed by atoms with Crippen molar-refractivity contribution in [3.8, 4) is 0 Å². The highest BCUT2D eigenvalue weighted by Gasteiger charge is 2.38. The third-order valence-electron chi connectivity index (χ3n) is 9.62. The smallest absolute Gasteiger partial charge is 0.0819 e. The predicted octanol–water partition coefficient (Wildman–Crippen LogP) is 7.48. The van der Waals surface area contributed by atoms with Crippen molar-refractivity contribution < 1.29 is 0 Å². The predicted molar refractivity (Wildman–Crippen MR) is 160 cm³/mol. The SMILES string of the molecule is c1ccc(C2CCN3CCCc4cc5ncsc5c2c43)c(C2CCN3CCCc4cc5ncsc5c2c43)c1. The van der Waals surface area contributed by atoms with E-state index < -0.39 is 0 Å². The van der Waals surface area contributed by atoms with Crippen LogP contribution in [0.4, 0.5) is 11.4 Å². The minimum absolute atomic E-state index is 0.424. The molecule has 0 saturated carbocycles. The first-order valence-electron chi connectivity index (χ1n) is 14.2. The van der Waals surface area contributed by atoms with E-state index in [0.29, 0.717) is 11.8 Å². The molecule has 0 bridgehead atoms. The molecule has 4 aliphatic rings. The molecule has 4 aliphatic heterocycles. The van der Waals surface area contributed by atoms with Gasteiger partial charge in [-0.05, 0) is 72.9 Å². The van der Waals surface area contributed by atoms with Crippen molar-refractivity contribution in [2.75, 3.05) is 36.0 Å². The Morgan fingerprint density at radius 3 is 1.66 bits per heavy atom. The fourth-order valence-corrected chi connectivity index (χ4v) is 9.88. The van der Waals surface area contributed by atoms with E-state index in [-0.39, 0.29) is 0 Å². The summed E-state index contributed by atoms with van der Waals surface area (Å²) in [6.07, 6.45) is 7.24. The van der Waals surface area contributed by atoms with Crippen LogP contribution in [0, 0.1) is 0 Å². The number of aromatic nitrogens is 2. The summed E-state index contributed by atoms with van der Waals surface area (Å²) in [5.74, 6) is 0.848. The van der Waals surface area contributed by atoms with Gasteiger partial charge in [0.05, 0.1) is 31.5 Å². The van der Waals surface area contributed by atoms with Gasteiger partial charge in [0.25, 0.3) is 0 Å². The Labute approximate surface area is 231 Å². The molecule has 0 fully saturated rings. The van der Waals surface area contributed by atoms with E-state index in [4.69, 9.17) is 9.97 Å². The van der Waals surface area contributed by atoms with E-state index in [2.05, 4.69) is 57.2 Å². The highest BCUT2D eigenvalue weighted by atomic mass is 32.1. The summed E-state index contributed by atoms with van der Waals surface area (Å²) < 4.78 is 2.82. The summed E-state index contributed by atoms with van der Waals surface area (Å²) in [4.78, 5) is 15.0. The molecule has 0 amide bonds. The molecule has 9 rings (SSSR count). The number of benzene rings is 3. The maximum atomic E-state index is 4.81. The quantitative estimate of drug-likeness (QED) is 0.235. The van der Waals surface area contributed by atoms with Crippen LogP contribution in [0.15, 0.2) is 47.4 Å². The number of hydrogen-bond donors (Lipinski definition) is 0. The summed E-state index contributed by atoms with van der Waals surface area (Å²) in [6, 6.07) is 14.2. The normalized spacial score (nSPS) is 22.1. The molecule has 0 spiro atoms. The van der Waals surface area contributed by atoms with Crippen molar-refractivity contribution in [3.63, 3.8) is 0 Å². The lowest BCUT2D eigenvalue weighted by atomic mass is 9.74. The Hall–Kier alpha value is -2.96. The Morgan fingerprint density at radius 2 is 1.16 bits per heavy atom. The summed E-state index contributed by atoms with van der Waals surface area (Å²) in [6.45, 7) is 4.69. The van der Waals surface area contributed by atoms with E-state index in [0.717, 1.165) is 13.1 Å². The lowest BCUT2D eigenvalue weighted by Crippen LogP contribution is -2.37. The van der Waals surface area contributed by atoms with Crippen LogP contribution < -0.4 is 9.80 Å². The second kappa shape index (κ2) is 8.27. The second-order valence-electron chi connectivity index (χ2n) is 11.5. The van der Waals surface area contributed by atoms with Crippen molar-refractivity contribution in [1.29, 1.82) is 0 Å². The number of aryl methyl sites for hydroxylation is 2. The second-order valence-corrected chi connectivity index (χ2v) is 13.2. The van der Waals surface area contributed by atoms with Crippen LogP contribution in [-0.2, 0) is 12.8 Å².